The fraction of sp³-hybridized carbons (Fsp3) is 1.00. The molecule has 0 aliphatic carbocycles. The first-order valence-corrected chi connectivity index (χ1v) is 5.83. The number of hydrogen-bond donors (Lipinski definition) is 1. The number of piperidine rings is 1. The largest absolute Gasteiger partial charge is 0.316 e. The van der Waals surface area contributed by atoms with E-state index in [1.54, 1.807) is 0 Å². The van der Waals surface area contributed by atoms with E-state index in [2.05, 4.69) is 17.1 Å². The maximum absolute atomic E-state index is 13.0. The molecule has 0 bridgehead atoms. The topological polar surface area (TPSA) is 15.3 Å². The summed E-state index contributed by atoms with van der Waals surface area (Å²) in [5.74, 6) is 1.53. The summed E-state index contributed by atoms with van der Waals surface area (Å²) in [6, 6.07) is 0. The summed E-state index contributed by atoms with van der Waals surface area (Å²) >= 11 is 0. The van der Waals surface area contributed by atoms with Crippen molar-refractivity contribution in [2.24, 2.45) is 11.8 Å². The van der Waals surface area contributed by atoms with Gasteiger partial charge in [0.15, 0.2) is 0 Å². The maximum Gasteiger partial charge on any atom is 0.114 e. The molecule has 2 aliphatic heterocycles. The van der Waals surface area contributed by atoms with Crippen LogP contribution in [0.1, 0.15) is 19.8 Å². The Balaban J connectivity index is 1.78. The number of alkyl halides is 1. The molecule has 2 aliphatic rings. The van der Waals surface area contributed by atoms with E-state index in [1.165, 1.54) is 6.42 Å². The Morgan fingerprint density at radius 2 is 2.29 bits per heavy atom. The van der Waals surface area contributed by atoms with Crippen molar-refractivity contribution >= 4 is 0 Å². The zero-order valence-corrected chi connectivity index (χ0v) is 9.01. The lowest BCUT2D eigenvalue weighted by atomic mass is 9.88. The van der Waals surface area contributed by atoms with Crippen molar-refractivity contribution in [1.29, 1.82) is 0 Å². The van der Waals surface area contributed by atoms with Crippen LogP contribution in [0, 0.1) is 11.8 Å². The minimum absolute atomic E-state index is 0.568. The number of rotatable bonds is 2. The average molecular weight is 200 g/mol. The van der Waals surface area contributed by atoms with Crippen molar-refractivity contribution in [2.45, 2.75) is 25.9 Å². The third-order valence-electron chi connectivity index (χ3n) is 3.70. The molecule has 0 radical (unpaired) electrons. The zero-order chi connectivity index (χ0) is 9.97. The Morgan fingerprint density at radius 1 is 1.43 bits per heavy atom. The molecule has 3 unspecified atom stereocenters. The molecule has 2 nitrogen and oxygen atoms in total. The summed E-state index contributed by atoms with van der Waals surface area (Å²) in [6.45, 7) is 7.33. The van der Waals surface area contributed by atoms with Gasteiger partial charge in [-0.1, -0.05) is 6.92 Å². The molecule has 0 aromatic heterocycles. The molecule has 0 aromatic rings. The highest BCUT2D eigenvalue weighted by atomic mass is 19.1. The van der Waals surface area contributed by atoms with E-state index in [9.17, 15) is 4.39 Å². The summed E-state index contributed by atoms with van der Waals surface area (Å²) in [5.41, 5.74) is 0. The summed E-state index contributed by atoms with van der Waals surface area (Å²) in [7, 11) is 0. The predicted octanol–water partition coefficient (Wildman–Crippen LogP) is 1.28. The van der Waals surface area contributed by atoms with E-state index in [-0.39, 0.29) is 0 Å². The summed E-state index contributed by atoms with van der Waals surface area (Å²) in [6.07, 6.45) is 1.45. The van der Waals surface area contributed by atoms with Crippen LogP contribution in [-0.2, 0) is 0 Å². The second kappa shape index (κ2) is 4.58. The van der Waals surface area contributed by atoms with Crippen LogP contribution in [0.25, 0.3) is 0 Å². The molecule has 3 atom stereocenters. The van der Waals surface area contributed by atoms with Crippen molar-refractivity contribution in [3.05, 3.63) is 0 Å². The molecule has 2 heterocycles. The first-order chi connectivity index (χ1) is 6.75. The normalized spacial score (nSPS) is 40.3. The SMILES string of the molecule is CC1CCNCC1CN1CCC(F)C1. The second-order valence-electron chi connectivity index (χ2n) is 4.88. The second-order valence-corrected chi connectivity index (χ2v) is 4.88. The van der Waals surface area contributed by atoms with E-state index in [1.807, 2.05) is 0 Å². The molecule has 0 amide bonds. The van der Waals surface area contributed by atoms with Crippen molar-refractivity contribution < 1.29 is 4.39 Å². The smallest absolute Gasteiger partial charge is 0.114 e. The van der Waals surface area contributed by atoms with Crippen LogP contribution in [0.3, 0.4) is 0 Å². The van der Waals surface area contributed by atoms with Gasteiger partial charge >= 0.3 is 0 Å². The van der Waals surface area contributed by atoms with Crippen LogP contribution in [0.5, 0.6) is 0 Å². The molecule has 0 spiro atoms. The average Bonchev–Trinajstić information content (AvgIpc) is 2.56. The lowest BCUT2D eigenvalue weighted by molar-refractivity contribution is 0.184. The number of halogens is 1. The number of hydrogen-bond acceptors (Lipinski definition) is 2. The third-order valence-corrected chi connectivity index (χ3v) is 3.70. The third kappa shape index (κ3) is 2.45. The number of nitrogens with zero attached hydrogens (tertiary/aromatic N) is 1. The molecule has 0 aromatic carbocycles. The van der Waals surface area contributed by atoms with Crippen LogP contribution >= 0.6 is 0 Å². The summed E-state index contributed by atoms with van der Waals surface area (Å²) in [5, 5.41) is 3.43. The van der Waals surface area contributed by atoms with Gasteiger partial charge in [0, 0.05) is 19.6 Å². The van der Waals surface area contributed by atoms with Gasteiger partial charge in [-0.3, -0.25) is 0 Å². The predicted molar refractivity (Wildman–Crippen MR) is 56.1 cm³/mol. The van der Waals surface area contributed by atoms with Crippen LogP contribution < -0.4 is 5.32 Å². The minimum atomic E-state index is -0.568. The quantitative estimate of drug-likeness (QED) is 0.722. The molecule has 82 valence electrons. The van der Waals surface area contributed by atoms with Gasteiger partial charge in [0.1, 0.15) is 6.17 Å². The molecule has 3 heteroatoms. The Bertz CT molecular complexity index is 186. The van der Waals surface area contributed by atoms with Gasteiger partial charge in [-0.05, 0) is 37.8 Å². The number of likely N-dealkylation sites (tertiary alicyclic amines) is 1. The highest BCUT2D eigenvalue weighted by Crippen LogP contribution is 2.22. The van der Waals surface area contributed by atoms with Gasteiger partial charge in [-0.2, -0.15) is 0 Å². The monoisotopic (exact) mass is 200 g/mol. The van der Waals surface area contributed by atoms with Gasteiger partial charge in [-0.25, -0.2) is 4.39 Å². The standard InChI is InChI=1S/C11H21FN2/c1-9-2-4-13-6-10(9)7-14-5-3-11(12)8-14/h9-11,13H,2-8H2,1H3. The van der Waals surface area contributed by atoms with Gasteiger partial charge in [0.25, 0.3) is 0 Å². The van der Waals surface area contributed by atoms with Crippen LogP contribution in [0.15, 0.2) is 0 Å². The fourth-order valence-electron chi connectivity index (χ4n) is 2.58. The molecular formula is C11H21FN2. The van der Waals surface area contributed by atoms with Crippen molar-refractivity contribution in [1.82, 2.24) is 10.2 Å². The van der Waals surface area contributed by atoms with Crippen LogP contribution in [0.4, 0.5) is 4.39 Å². The maximum atomic E-state index is 13.0. The first-order valence-electron chi connectivity index (χ1n) is 5.83. The first kappa shape index (κ1) is 10.4. The Labute approximate surface area is 85.9 Å². The highest BCUT2D eigenvalue weighted by Gasteiger charge is 2.27. The van der Waals surface area contributed by atoms with Gasteiger partial charge in [-0.15, -0.1) is 0 Å². The molecule has 2 saturated heterocycles. The van der Waals surface area contributed by atoms with E-state index >= 15 is 0 Å². The minimum Gasteiger partial charge on any atom is -0.316 e. The summed E-state index contributed by atoms with van der Waals surface area (Å²) in [4.78, 5) is 2.29. The Morgan fingerprint density at radius 3 is 2.93 bits per heavy atom. The van der Waals surface area contributed by atoms with Crippen molar-refractivity contribution in [3.63, 3.8) is 0 Å². The Hall–Kier alpha value is -0.150. The molecule has 1 N–H and O–H groups in total. The highest BCUT2D eigenvalue weighted by molar-refractivity contribution is 4.82. The fourth-order valence-corrected chi connectivity index (χ4v) is 2.58. The van der Waals surface area contributed by atoms with Crippen LogP contribution in [0.2, 0.25) is 0 Å². The van der Waals surface area contributed by atoms with E-state index < -0.39 is 6.17 Å². The van der Waals surface area contributed by atoms with E-state index in [4.69, 9.17) is 0 Å². The Kier molecular flexibility index (Phi) is 3.39. The zero-order valence-electron chi connectivity index (χ0n) is 9.01. The van der Waals surface area contributed by atoms with Gasteiger partial charge in [0.2, 0.25) is 0 Å². The van der Waals surface area contributed by atoms with Gasteiger partial charge < -0.3 is 10.2 Å². The molecular weight excluding hydrogens is 179 g/mol. The van der Waals surface area contributed by atoms with Crippen LogP contribution in [-0.4, -0.2) is 43.8 Å². The van der Waals surface area contributed by atoms with Crippen molar-refractivity contribution in [3.8, 4) is 0 Å². The summed E-state index contributed by atoms with van der Waals surface area (Å²) < 4.78 is 13.0. The van der Waals surface area contributed by atoms with E-state index in [0.717, 1.165) is 44.4 Å². The molecule has 14 heavy (non-hydrogen) atoms. The molecule has 2 rings (SSSR count). The molecule has 2 fully saturated rings. The lowest BCUT2D eigenvalue weighted by Crippen LogP contribution is -2.41. The lowest BCUT2D eigenvalue weighted by Gasteiger charge is -2.32. The van der Waals surface area contributed by atoms with Gasteiger partial charge in [0.05, 0.1) is 0 Å². The number of nitrogens with one attached hydrogen (secondary N) is 1. The van der Waals surface area contributed by atoms with E-state index in [0.29, 0.717) is 6.54 Å². The van der Waals surface area contributed by atoms with Crippen molar-refractivity contribution in [2.75, 3.05) is 32.7 Å². The molecule has 0 saturated carbocycles.